The van der Waals surface area contributed by atoms with Crippen molar-refractivity contribution in [3.8, 4) is 0 Å². The Hall–Kier alpha value is -0.570. The molecule has 0 spiro atoms. The normalized spacial score (nSPS) is 27.2. The third kappa shape index (κ3) is 1.22. The molecule has 1 aromatic carbocycles. The fourth-order valence-electron chi connectivity index (χ4n) is 1.19. The van der Waals surface area contributed by atoms with Crippen LogP contribution in [0.5, 0.6) is 0 Å². The van der Waals surface area contributed by atoms with E-state index in [2.05, 4.69) is 0 Å². The van der Waals surface area contributed by atoms with Gasteiger partial charge in [0.2, 0.25) is 0 Å². The largest absolute Gasteiger partial charge is 0.393 e. The molecule has 1 heterocycles. The highest BCUT2D eigenvalue weighted by Crippen LogP contribution is 2.38. The maximum Gasteiger partial charge on any atom is 0.139 e. The van der Waals surface area contributed by atoms with Crippen LogP contribution in [0.1, 0.15) is 5.56 Å². The third-order valence-corrected chi connectivity index (χ3v) is 2.37. The average Bonchev–Trinajstić information content (AvgIpc) is 2.86. The molecule has 2 rings (SSSR count). The molecule has 3 heteroatoms. The van der Waals surface area contributed by atoms with Crippen LogP contribution in [0.2, 0.25) is 5.02 Å². The number of epoxide rings is 1. The van der Waals surface area contributed by atoms with Gasteiger partial charge in [-0.25, -0.2) is 0 Å². The lowest BCUT2D eigenvalue weighted by Gasteiger charge is -2.07. The van der Waals surface area contributed by atoms with Crippen molar-refractivity contribution in [1.29, 1.82) is 0 Å². The van der Waals surface area contributed by atoms with Gasteiger partial charge in [0, 0.05) is 5.02 Å². The van der Waals surface area contributed by atoms with Crippen LogP contribution in [-0.2, 0) is 10.3 Å². The number of rotatable bonds is 2. The van der Waals surface area contributed by atoms with E-state index in [1.165, 1.54) is 0 Å². The second-order valence-corrected chi connectivity index (χ2v) is 3.38. The highest BCUT2D eigenvalue weighted by Gasteiger charge is 2.45. The van der Waals surface area contributed by atoms with E-state index in [0.29, 0.717) is 11.6 Å². The molecule has 0 saturated carbocycles. The molecule has 1 aliphatic heterocycles. The first kappa shape index (κ1) is 8.05. The molecular weight excluding hydrogens is 176 g/mol. The van der Waals surface area contributed by atoms with Crippen LogP contribution in [0.25, 0.3) is 0 Å². The molecule has 0 amide bonds. The Kier molecular flexibility index (Phi) is 1.83. The van der Waals surface area contributed by atoms with Gasteiger partial charge in [0.05, 0.1) is 13.2 Å². The summed E-state index contributed by atoms with van der Waals surface area (Å²) in [4.78, 5) is 0. The highest BCUT2D eigenvalue weighted by molar-refractivity contribution is 6.30. The monoisotopic (exact) mass is 184 g/mol. The number of aliphatic hydroxyl groups is 1. The van der Waals surface area contributed by atoms with E-state index in [4.69, 9.17) is 21.4 Å². The second kappa shape index (κ2) is 2.73. The van der Waals surface area contributed by atoms with Crippen molar-refractivity contribution < 1.29 is 9.84 Å². The Morgan fingerprint density at radius 1 is 1.42 bits per heavy atom. The zero-order chi connectivity index (χ0) is 8.60. The summed E-state index contributed by atoms with van der Waals surface area (Å²) in [6.45, 7) is 0.639. The summed E-state index contributed by atoms with van der Waals surface area (Å²) >= 11 is 5.72. The Morgan fingerprint density at radius 3 is 2.42 bits per heavy atom. The zero-order valence-corrected chi connectivity index (χ0v) is 7.21. The van der Waals surface area contributed by atoms with Gasteiger partial charge in [-0.2, -0.15) is 0 Å². The van der Waals surface area contributed by atoms with Gasteiger partial charge < -0.3 is 9.84 Å². The summed E-state index contributed by atoms with van der Waals surface area (Å²) in [7, 11) is 0. The molecular formula is C9H9ClO2. The number of benzene rings is 1. The van der Waals surface area contributed by atoms with Gasteiger partial charge in [-0.3, -0.25) is 0 Å². The average molecular weight is 185 g/mol. The van der Waals surface area contributed by atoms with Crippen molar-refractivity contribution in [1.82, 2.24) is 0 Å². The van der Waals surface area contributed by atoms with E-state index < -0.39 is 5.60 Å². The molecule has 1 saturated heterocycles. The first-order valence-corrected chi connectivity index (χ1v) is 4.15. The molecule has 2 nitrogen and oxygen atoms in total. The number of hydrogen-bond donors (Lipinski definition) is 1. The van der Waals surface area contributed by atoms with Crippen LogP contribution in [-0.4, -0.2) is 18.3 Å². The van der Waals surface area contributed by atoms with E-state index in [-0.39, 0.29) is 6.61 Å². The maximum absolute atomic E-state index is 9.02. The maximum atomic E-state index is 9.02. The minimum absolute atomic E-state index is 0.0363. The number of ether oxygens (including phenoxy) is 1. The van der Waals surface area contributed by atoms with E-state index in [1.807, 2.05) is 12.1 Å². The lowest BCUT2D eigenvalue weighted by molar-refractivity contribution is 0.173. The summed E-state index contributed by atoms with van der Waals surface area (Å²) in [6.07, 6.45) is 0. The lowest BCUT2D eigenvalue weighted by atomic mass is 10.0. The van der Waals surface area contributed by atoms with Crippen molar-refractivity contribution in [2.75, 3.05) is 13.2 Å². The van der Waals surface area contributed by atoms with Crippen molar-refractivity contribution >= 4 is 11.6 Å². The van der Waals surface area contributed by atoms with Gasteiger partial charge in [0.1, 0.15) is 5.60 Å². The summed E-state index contributed by atoms with van der Waals surface area (Å²) in [5, 5.41) is 9.72. The summed E-state index contributed by atoms with van der Waals surface area (Å²) < 4.78 is 5.18. The van der Waals surface area contributed by atoms with Crippen LogP contribution in [0.3, 0.4) is 0 Å². The van der Waals surface area contributed by atoms with Crippen LogP contribution in [0, 0.1) is 0 Å². The first-order chi connectivity index (χ1) is 5.77. The van der Waals surface area contributed by atoms with Crippen LogP contribution in [0.15, 0.2) is 24.3 Å². The van der Waals surface area contributed by atoms with Crippen LogP contribution < -0.4 is 0 Å². The second-order valence-electron chi connectivity index (χ2n) is 2.95. The van der Waals surface area contributed by atoms with Crippen LogP contribution in [0.4, 0.5) is 0 Å². The fraction of sp³-hybridized carbons (Fsp3) is 0.333. The molecule has 1 unspecified atom stereocenters. The Morgan fingerprint density at radius 2 is 2.00 bits per heavy atom. The van der Waals surface area contributed by atoms with E-state index in [0.717, 1.165) is 5.56 Å². The summed E-state index contributed by atoms with van der Waals surface area (Å²) in [5.74, 6) is 0. The summed E-state index contributed by atoms with van der Waals surface area (Å²) in [5.41, 5.74) is 0.569. The molecule has 12 heavy (non-hydrogen) atoms. The van der Waals surface area contributed by atoms with Gasteiger partial charge >= 0.3 is 0 Å². The predicted octanol–water partition coefficient (Wildman–Crippen LogP) is 1.56. The minimum Gasteiger partial charge on any atom is -0.393 e. The van der Waals surface area contributed by atoms with Crippen molar-refractivity contribution in [2.45, 2.75) is 5.60 Å². The number of hydrogen-bond acceptors (Lipinski definition) is 2. The Balaban J connectivity index is 2.29. The van der Waals surface area contributed by atoms with Gasteiger partial charge in [0.15, 0.2) is 0 Å². The SMILES string of the molecule is OCC1(c2ccc(Cl)cc2)CO1. The van der Waals surface area contributed by atoms with Gasteiger partial charge in [-0.05, 0) is 17.7 Å². The molecule has 0 radical (unpaired) electrons. The molecule has 0 aromatic heterocycles. The fourth-order valence-corrected chi connectivity index (χ4v) is 1.32. The van der Waals surface area contributed by atoms with Crippen LogP contribution >= 0.6 is 11.6 Å². The number of aliphatic hydroxyl groups excluding tert-OH is 1. The van der Waals surface area contributed by atoms with E-state index >= 15 is 0 Å². The smallest absolute Gasteiger partial charge is 0.139 e. The van der Waals surface area contributed by atoms with Gasteiger partial charge in [-0.15, -0.1) is 0 Å². The van der Waals surface area contributed by atoms with Crippen molar-refractivity contribution in [3.63, 3.8) is 0 Å². The predicted molar refractivity (Wildman–Crippen MR) is 46.2 cm³/mol. The highest BCUT2D eigenvalue weighted by atomic mass is 35.5. The number of halogens is 1. The Labute approximate surface area is 75.7 Å². The molecule has 1 aliphatic rings. The molecule has 0 bridgehead atoms. The van der Waals surface area contributed by atoms with Crippen molar-refractivity contribution in [3.05, 3.63) is 34.9 Å². The minimum atomic E-state index is -0.426. The standard InChI is InChI=1S/C9H9ClO2/c10-8-3-1-7(2-4-8)9(5-11)6-12-9/h1-4,11H,5-6H2. The molecule has 1 N–H and O–H groups in total. The molecule has 1 fully saturated rings. The zero-order valence-electron chi connectivity index (χ0n) is 6.46. The van der Waals surface area contributed by atoms with E-state index in [1.54, 1.807) is 12.1 Å². The Bertz CT molecular complexity index is 277. The van der Waals surface area contributed by atoms with Gasteiger partial charge in [-0.1, -0.05) is 23.7 Å². The third-order valence-electron chi connectivity index (χ3n) is 2.12. The molecule has 1 atom stereocenters. The first-order valence-electron chi connectivity index (χ1n) is 3.78. The van der Waals surface area contributed by atoms with Crippen molar-refractivity contribution in [2.24, 2.45) is 0 Å². The quantitative estimate of drug-likeness (QED) is 0.708. The molecule has 64 valence electrons. The molecule has 0 aliphatic carbocycles. The molecule has 1 aromatic rings. The van der Waals surface area contributed by atoms with E-state index in [9.17, 15) is 0 Å². The summed E-state index contributed by atoms with van der Waals surface area (Å²) in [6, 6.07) is 7.36. The lowest BCUT2D eigenvalue weighted by Crippen LogP contribution is -2.13. The topological polar surface area (TPSA) is 32.8 Å². The van der Waals surface area contributed by atoms with Gasteiger partial charge in [0.25, 0.3) is 0 Å².